The van der Waals surface area contributed by atoms with Crippen molar-refractivity contribution >= 4 is 33.9 Å². The topological polar surface area (TPSA) is 89.7 Å². The van der Waals surface area contributed by atoms with Gasteiger partial charge in [-0.1, -0.05) is 13.8 Å². The molecule has 0 saturated carbocycles. The van der Waals surface area contributed by atoms with E-state index < -0.39 is 0 Å². The van der Waals surface area contributed by atoms with Crippen molar-refractivity contribution in [3.05, 3.63) is 11.4 Å². The van der Waals surface area contributed by atoms with Crippen molar-refractivity contribution in [2.75, 3.05) is 6.54 Å². The summed E-state index contributed by atoms with van der Waals surface area (Å²) in [4.78, 5) is 43.3. The van der Waals surface area contributed by atoms with Gasteiger partial charge in [-0.2, -0.15) is 0 Å². The smallest absolute Gasteiger partial charge is 0.217 e. The van der Waals surface area contributed by atoms with E-state index in [-0.39, 0.29) is 21.1 Å². The Kier molecular flexibility index (Phi) is 390. The summed E-state index contributed by atoms with van der Waals surface area (Å²) in [5.74, 6) is 0.595. The predicted molar refractivity (Wildman–Crippen MR) is 66.5 cm³/mol. The molecule has 0 radical (unpaired) electrons. The molecule has 0 rings (SSSR count). The van der Waals surface area contributed by atoms with Crippen LogP contribution >= 0.6 is 0 Å². The minimum absolute atomic E-state index is 0. The van der Waals surface area contributed by atoms with E-state index in [2.05, 4.69) is 18.7 Å². The first kappa shape index (κ1) is 43.9. The molecule has 6 nitrogen and oxygen atoms in total. The van der Waals surface area contributed by atoms with Crippen molar-refractivity contribution in [3.63, 3.8) is 0 Å². The molecule has 0 aliphatic carbocycles. The van der Waals surface area contributed by atoms with Gasteiger partial charge in [0.15, 0.2) is 0 Å². The van der Waals surface area contributed by atoms with Gasteiger partial charge in [-0.25, -0.2) is 6.57 Å². The van der Waals surface area contributed by atoms with Crippen LogP contribution in [-0.2, 0) is 45.0 Å². The first-order chi connectivity index (χ1) is 8.31. The molecule has 0 N–H and O–H groups in total. The van der Waals surface area contributed by atoms with Crippen LogP contribution in [0.2, 0.25) is 0 Å². The zero-order chi connectivity index (χ0) is 15.7. The van der Waals surface area contributed by atoms with Crippen molar-refractivity contribution in [1.29, 1.82) is 0 Å². The maximum Gasteiger partial charge on any atom is 0.217 e. The third kappa shape index (κ3) is 214. The van der Waals surface area contributed by atoms with Gasteiger partial charge in [-0.05, 0) is 6.42 Å². The Balaban J connectivity index is -0.0000000189. The monoisotopic (exact) mass is 345 g/mol. The molecule has 1 atom stereocenters. The summed E-state index contributed by atoms with van der Waals surface area (Å²) in [5, 5.41) is 0. The van der Waals surface area contributed by atoms with Gasteiger partial charge in [0.25, 0.3) is 0 Å². The molecule has 0 heterocycles. The van der Waals surface area contributed by atoms with Crippen LogP contribution in [0.5, 0.6) is 0 Å². The average Bonchev–Trinajstić information content (AvgIpc) is 2.49. The van der Waals surface area contributed by atoms with E-state index >= 15 is 0 Å². The van der Waals surface area contributed by atoms with Crippen LogP contribution in [0.15, 0.2) is 0 Å². The Bertz CT molecular complexity index is 132. The van der Waals surface area contributed by atoms with Gasteiger partial charge in [0.1, 0.15) is 33.9 Å². The van der Waals surface area contributed by atoms with E-state index in [9.17, 15) is 0 Å². The van der Waals surface area contributed by atoms with Gasteiger partial charge in [0.05, 0.1) is 0 Å². The van der Waals surface area contributed by atoms with E-state index in [1.807, 2.05) is 33.9 Å². The van der Waals surface area contributed by atoms with E-state index in [1.165, 1.54) is 0 Å². The normalized spacial score (nSPS) is 6.06. The minimum Gasteiger partial charge on any atom is -0.317 e. The molecule has 0 saturated heterocycles. The maximum atomic E-state index is 8.00. The third-order valence-corrected chi connectivity index (χ3v) is 1.10. The molecule has 0 bridgehead atoms. The van der Waals surface area contributed by atoms with Crippen molar-refractivity contribution in [1.82, 2.24) is 0 Å². The molecular weight excluding hydrogens is 322 g/mol. The first-order valence-electron chi connectivity index (χ1n) is 4.08. The Morgan fingerprint density at radius 1 is 0.889 bits per heavy atom. The summed E-state index contributed by atoms with van der Waals surface area (Å²) >= 11 is 0. The van der Waals surface area contributed by atoms with Crippen molar-refractivity contribution in [2.24, 2.45) is 5.92 Å². The molecular formula is C11H21MoNO5. The maximum absolute atomic E-state index is 8.00. The van der Waals surface area contributed by atoms with Gasteiger partial charge < -0.3 is 28.8 Å². The Hall–Kier alpha value is -1.47. The van der Waals surface area contributed by atoms with Crippen molar-refractivity contribution in [2.45, 2.75) is 20.3 Å². The summed E-state index contributed by atoms with van der Waals surface area (Å²) in [5.41, 5.74) is 0. The Morgan fingerprint density at radius 3 is 1.17 bits per heavy atom. The second-order valence-electron chi connectivity index (χ2n) is 1.85. The van der Waals surface area contributed by atoms with Crippen LogP contribution in [-0.4, -0.2) is 40.5 Å². The average molecular weight is 343 g/mol. The molecule has 0 spiro atoms. The molecule has 7 heteroatoms. The number of nitrogens with zero attached hydrogens (tertiary/aromatic N) is 1. The second kappa shape index (κ2) is 160. The molecule has 0 aliphatic heterocycles. The minimum atomic E-state index is 0. The molecule has 1 unspecified atom stereocenters. The van der Waals surface area contributed by atoms with Crippen molar-refractivity contribution < 1.29 is 45.0 Å². The van der Waals surface area contributed by atoms with Crippen LogP contribution in [0.1, 0.15) is 20.3 Å². The zero-order valence-electron chi connectivity index (χ0n) is 10.9. The number of hydrogen-bond donors (Lipinski definition) is 0. The molecule has 18 heavy (non-hydrogen) atoms. The number of carbonyl (C=O) groups is 5. The molecule has 0 aromatic carbocycles. The Morgan fingerprint density at radius 2 is 1.11 bits per heavy atom. The van der Waals surface area contributed by atoms with Gasteiger partial charge in [-0.15, -0.1) is 0 Å². The van der Waals surface area contributed by atoms with Gasteiger partial charge in [0, 0.05) is 27.0 Å². The van der Waals surface area contributed by atoms with Gasteiger partial charge >= 0.3 is 0 Å². The van der Waals surface area contributed by atoms with E-state index in [4.69, 9.17) is 30.5 Å². The fourth-order valence-electron chi connectivity index (χ4n) is 0.285. The molecule has 0 aromatic heterocycles. The van der Waals surface area contributed by atoms with Crippen LogP contribution < -0.4 is 0 Å². The van der Waals surface area contributed by atoms with E-state index in [0.29, 0.717) is 12.5 Å². The molecule has 0 amide bonds. The SMILES string of the molecule is C=O.C=O.C=O.C=O.C=O.[C-]#[N+]CC(C)CC.[Mo]. The van der Waals surface area contributed by atoms with E-state index in [0.717, 1.165) is 6.42 Å². The number of carbonyl (C=O) groups excluding carboxylic acids is 5. The fraction of sp³-hybridized carbons (Fsp3) is 0.455. The quantitative estimate of drug-likeness (QED) is 0.552. The van der Waals surface area contributed by atoms with Crippen LogP contribution in [0, 0.1) is 12.5 Å². The largest absolute Gasteiger partial charge is 0.317 e. The summed E-state index contributed by atoms with van der Waals surface area (Å²) < 4.78 is 0. The standard InChI is InChI=1S/C6H11N.5CH2O.Mo/c1-4-6(2)5-7-3;5*1-2;/h6H,4-5H2,1-2H3;5*1H2;. The summed E-state index contributed by atoms with van der Waals surface area (Å²) in [6.07, 6.45) is 1.13. The first-order valence-corrected chi connectivity index (χ1v) is 4.08. The van der Waals surface area contributed by atoms with Gasteiger partial charge in [-0.3, -0.25) is 0 Å². The number of hydrogen-bond acceptors (Lipinski definition) is 5. The molecule has 106 valence electrons. The van der Waals surface area contributed by atoms with Crippen LogP contribution in [0.3, 0.4) is 0 Å². The zero-order valence-corrected chi connectivity index (χ0v) is 12.9. The number of rotatable bonds is 2. The molecule has 0 fully saturated rings. The van der Waals surface area contributed by atoms with Crippen molar-refractivity contribution in [3.8, 4) is 0 Å². The summed E-state index contributed by atoms with van der Waals surface area (Å²) in [6, 6.07) is 0. The van der Waals surface area contributed by atoms with Gasteiger partial charge in [0.2, 0.25) is 6.54 Å². The van der Waals surface area contributed by atoms with Crippen LogP contribution in [0.25, 0.3) is 4.85 Å². The second-order valence-corrected chi connectivity index (χ2v) is 1.85. The molecule has 0 aliphatic rings. The van der Waals surface area contributed by atoms with Crippen LogP contribution in [0.4, 0.5) is 0 Å². The summed E-state index contributed by atoms with van der Waals surface area (Å²) in [7, 11) is 0. The predicted octanol–water partition coefficient (Wildman–Crippen LogP) is 1.02. The third-order valence-electron chi connectivity index (χ3n) is 1.10. The fourth-order valence-corrected chi connectivity index (χ4v) is 0.285. The van der Waals surface area contributed by atoms with E-state index in [1.54, 1.807) is 0 Å². The summed E-state index contributed by atoms with van der Waals surface area (Å²) in [6.45, 7) is 21.4. The Labute approximate surface area is 123 Å². The molecule has 0 aromatic rings.